The molecule has 0 aliphatic carbocycles. The minimum absolute atomic E-state index is 0.167. The van der Waals surface area contributed by atoms with Crippen LogP contribution < -0.4 is 0 Å². The average molecular weight is 198 g/mol. The molecule has 0 radical (unpaired) electrons. The first-order valence-corrected chi connectivity index (χ1v) is 4.58. The van der Waals surface area contributed by atoms with Gasteiger partial charge in [0.1, 0.15) is 0 Å². The molecular weight excluding hydrogens is 184 g/mol. The Bertz CT molecular complexity index is 308. The highest BCUT2D eigenvalue weighted by Crippen LogP contribution is 2.01. The first-order chi connectivity index (χ1) is 6.65. The lowest BCUT2D eigenvalue weighted by Crippen LogP contribution is -2.16. The summed E-state index contributed by atoms with van der Waals surface area (Å²) in [6.07, 6.45) is 0. The van der Waals surface area contributed by atoms with Crippen molar-refractivity contribution in [1.82, 2.24) is 20.2 Å². The normalized spacial score (nSPS) is 10.6. The fourth-order valence-electron chi connectivity index (χ4n) is 1.02. The Kier molecular flexibility index (Phi) is 3.55. The Morgan fingerprint density at radius 2 is 2.29 bits per heavy atom. The third-order valence-electron chi connectivity index (χ3n) is 1.53. The number of carbonyl (C=O) groups is 1. The van der Waals surface area contributed by atoms with Crippen molar-refractivity contribution < 1.29 is 9.53 Å². The van der Waals surface area contributed by atoms with Crippen molar-refractivity contribution in [2.45, 2.75) is 27.3 Å². The molecule has 0 spiro atoms. The van der Waals surface area contributed by atoms with E-state index in [4.69, 9.17) is 4.74 Å². The van der Waals surface area contributed by atoms with Crippen molar-refractivity contribution in [2.75, 3.05) is 6.61 Å². The number of nitrogens with zero attached hydrogens (tertiary/aromatic N) is 4. The lowest BCUT2D eigenvalue weighted by atomic mass is 10.2. The number of rotatable bonds is 4. The Hall–Kier alpha value is -1.46. The molecule has 1 rings (SSSR count). The number of hydrogen-bond donors (Lipinski definition) is 0. The van der Waals surface area contributed by atoms with Gasteiger partial charge in [0.15, 0.2) is 0 Å². The van der Waals surface area contributed by atoms with E-state index in [-0.39, 0.29) is 5.82 Å². The third kappa shape index (κ3) is 2.51. The van der Waals surface area contributed by atoms with E-state index in [0.29, 0.717) is 19.1 Å². The molecule has 0 amide bonds. The van der Waals surface area contributed by atoms with Crippen LogP contribution in [0.3, 0.4) is 0 Å². The van der Waals surface area contributed by atoms with Crippen LogP contribution in [0.2, 0.25) is 0 Å². The molecule has 0 bridgehead atoms. The van der Waals surface area contributed by atoms with Crippen LogP contribution in [-0.4, -0.2) is 32.8 Å². The van der Waals surface area contributed by atoms with Crippen LogP contribution in [0.5, 0.6) is 0 Å². The van der Waals surface area contributed by atoms with E-state index in [2.05, 4.69) is 15.5 Å². The summed E-state index contributed by atoms with van der Waals surface area (Å²) in [6.45, 7) is 6.73. The predicted molar refractivity (Wildman–Crippen MR) is 48.6 cm³/mol. The van der Waals surface area contributed by atoms with Crippen LogP contribution in [0.25, 0.3) is 0 Å². The smallest absolute Gasteiger partial charge is 0.378 e. The first-order valence-electron chi connectivity index (χ1n) is 4.58. The number of esters is 1. The SMILES string of the molecule is CCOC(=O)c1nnnn1CC(C)C. The molecule has 1 heterocycles. The molecule has 0 aliphatic heterocycles. The fourth-order valence-corrected chi connectivity index (χ4v) is 1.02. The zero-order valence-corrected chi connectivity index (χ0v) is 8.60. The van der Waals surface area contributed by atoms with Crippen LogP contribution >= 0.6 is 0 Å². The molecule has 0 saturated carbocycles. The van der Waals surface area contributed by atoms with Crippen molar-refractivity contribution in [2.24, 2.45) is 5.92 Å². The minimum atomic E-state index is -0.474. The molecule has 6 nitrogen and oxygen atoms in total. The Balaban J connectivity index is 2.76. The Morgan fingerprint density at radius 1 is 1.57 bits per heavy atom. The van der Waals surface area contributed by atoms with Gasteiger partial charge in [0, 0.05) is 6.54 Å². The highest BCUT2D eigenvalue weighted by atomic mass is 16.5. The second-order valence-corrected chi connectivity index (χ2v) is 3.30. The number of aromatic nitrogens is 4. The van der Waals surface area contributed by atoms with E-state index in [1.807, 2.05) is 13.8 Å². The largest absolute Gasteiger partial charge is 0.460 e. The Labute approximate surface area is 82.2 Å². The number of hydrogen-bond acceptors (Lipinski definition) is 5. The number of ether oxygens (including phenoxy) is 1. The van der Waals surface area contributed by atoms with Gasteiger partial charge in [-0.1, -0.05) is 13.8 Å². The summed E-state index contributed by atoms with van der Waals surface area (Å²) in [6, 6.07) is 0. The third-order valence-corrected chi connectivity index (χ3v) is 1.53. The predicted octanol–water partition coefficient (Wildman–Crippen LogP) is 0.506. The molecule has 0 atom stereocenters. The van der Waals surface area contributed by atoms with Crippen molar-refractivity contribution in [3.05, 3.63) is 5.82 Å². The minimum Gasteiger partial charge on any atom is -0.460 e. The molecule has 0 unspecified atom stereocenters. The summed E-state index contributed by atoms with van der Waals surface area (Å²) < 4.78 is 6.27. The van der Waals surface area contributed by atoms with Gasteiger partial charge in [0.2, 0.25) is 0 Å². The lowest BCUT2D eigenvalue weighted by molar-refractivity contribution is 0.0503. The van der Waals surface area contributed by atoms with Crippen LogP contribution in [0.1, 0.15) is 31.4 Å². The number of tetrazole rings is 1. The van der Waals surface area contributed by atoms with E-state index in [1.165, 1.54) is 4.68 Å². The molecule has 0 aromatic carbocycles. The molecule has 78 valence electrons. The van der Waals surface area contributed by atoms with Crippen molar-refractivity contribution in [1.29, 1.82) is 0 Å². The summed E-state index contributed by atoms with van der Waals surface area (Å²) in [7, 11) is 0. The van der Waals surface area contributed by atoms with Crippen molar-refractivity contribution >= 4 is 5.97 Å². The van der Waals surface area contributed by atoms with Gasteiger partial charge in [-0.25, -0.2) is 9.48 Å². The lowest BCUT2D eigenvalue weighted by Gasteiger charge is -2.05. The standard InChI is InChI=1S/C8H14N4O2/c1-4-14-8(13)7-9-10-11-12(7)5-6(2)3/h6H,4-5H2,1-3H3. The zero-order chi connectivity index (χ0) is 10.6. The molecule has 0 saturated heterocycles. The van der Waals surface area contributed by atoms with Gasteiger partial charge >= 0.3 is 5.97 Å². The second kappa shape index (κ2) is 4.69. The van der Waals surface area contributed by atoms with Crippen LogP contribution in [0.15, 0.2) is 0 Å². The molecular formula is C8H14N4O2. The molecule has 0 N–H and O–H groups in total. The van der Waals surface area contributed by atoms with E-state index < -0.39 is 5.97 Å². The maximum absolute atomic E-state index is 11.3. The second-order valence-electron chi connectivity index (χ2n) is 3.30. The maximum atomic E-state index is 11.3. The fraction of sp³-hybridized carbons (Fsp3) is 0.750. The van der Waals surface area contributed by atoms with E-state index in [1.54, 1.807) is 6.92 Å². The highest BCUT2D eigenvalue weighted by molar-refractivity contribution is 5.85. The van der Waals surface area contributed by atoms with Gasteiger partial charge in [-0.2, -0.15) is 0 Å². The zero-order valence-electron chi connectivity index (χ0n) is 8.60. The van der Waals surface area contributed by atoms with Crippen LogP contribution in [0.4, 0.5) is 0 Å². The molecule has 0 fully saturated rings. The van der Waals surface area contributed by atoms with Crippen LogP contribution in [0, 0.1) is 5.92 Å². The van der Waals surface area contributed by atoms with Gasteiger partial charge in [0.25, 0.3) is 5.82 Å². The van der Waals surface area contributed by atoms with E-state index >= 15 is 0 Å². The van der Waals surface area contributed by atoms with Gasteiger partial charge < -0.3 is 4.74 Å². The number of carbonyl (C=O) groups excluding carboxylic acids is 1. The summed E-state index contributed by atoms with van der Waals surface area (Å²) in [5.74, 6) is 0.0744. The van der Waals surface area contributed by atoms with Gasteiger partial charge in [-0.3, -0.25) is 0 Å². The van der Waals surface area contributed by atoms with E-state index in [9.17, 15) is 4.79 Å². The van der Waals surface area contributed by atoms with Crippen LogP contribution in [-0.2, 0) is 11.3 Å². The molecule has 14 heavy (non-hydrogen) atoms. The van der Waals surface area contributed by atoms with Crippen molar-refractivity contribution in [3.8, 4) is 0 Å². The van der Waals surface area contributed by atoms with E-state index in [0.717, 1.165) is 0 Å². The quantitative estimate of drug-likeness (QED) is 0.659. The van der Waals surface area contributed by atoms with Gasteiger partial charge in [0.05, 0.1) is 6.61 Å². The highest BCUT2D eigenvalue weighted by Gasteiger charge is 2.16. The summed E-state index contributed by atoms with van der Waals surface area (Å²) >= 11 is 0. The summed E-state index contributed by atoms with van der Waals surface area (Å²) in [5, 5.41) is 10.8. The first kappa shape index (κ1) is 10.6. The molecule has 6 heteroatoms. The molecule has 1 aromatic heterocycles. The van der Waals surface area contributed by atoms with Gasteiger partial charge in [-0.15, -0.1) is 5.10 Å². The Morgan fingerprint density at radius 3 is 2.86 bits per heavy atom. The topological polar surface area (TPSA) is 69.9 Å². The molecule has 1 aromatic rings. The monoisotopic (exact) mass is 198 g/mol. The summed E-state index contributed by atoms with van der Waals surface area (Å²) in [4.78, 5) is 11.3. The summed E-state index contributed by atoms with van der Waals surface area (Å²) in [5.41, 5.74) is 0. The van der Waals surface area contributed by atoms with Gasteiger partial charge in [-0.05, 0) is 23.3 Å². The average Bonchev–Trinajstić information content (AvgIpc) is 2.51. The van der Waals surface area contributed by atoms with Crippen molar-refractivity contribution in [3.63, 3.8) is 0 Å². The molecule has 0 aliphatic rings. The maximum Gasteiger partial charge on any atom is 0.378 e.